The van der Waals surface area contributed by atoms with E-state index in [0.29, 0.717) is 11.5 Å². The van der Waals surface area contributed by atoms with E-state index in [1.54, 1.807) is 11.4 Å². The minimum absolute atomic E-state index is 0.0794. The minimum Gasteiger partial charge on any atom is -0.589 e. The van der Waals surface area contributed by atoms with Crippen LogP contribution in [0.5, 0.6) is 0 Å². The Morgan fingerprint density at radius 2 is 2.54 bits per heavy atom. The van der Waals surface area contributed by atoms with Crippen LogP contribution in [0.25, 0.3) is 0 Å². The Morgan fingerprint density at radius 3 is 3.23 bits per heavy atom. The Labute approximate surface area is 77.1 Å². The lowest BCUT2D eigenvalue weighted by Gasteiger charge is -2.09. The Balaban J connectivity index is 2.47. The van der Waals surface area contributed by atoms with Gasteiger partial charge in [-0.25, -0.2) is 0 Å². The summed E-state index contributed by atoms with van der Waals surface area (Å²) in [6.45, 7) is 0.458. The number of aliphatic imine (C=N–C) groups is 1. The van der Waals surface area contributed by atoms with Crippen LogP contribution in [0.2, 0.25) is 0 Å². The number of rotatable bonds is 1. The molecular formula is C7H7N3O2S. The Bertz CT molecular complexity index is 396. The molecule has 0 radical (unpaired) electrons. The molecule has 0 spiro atoms. The van der Waals surface area contributed by atoms with Crippen LogP contribution >= 0.6 is 10.8 Å². The molecule has 1 aliphatic rings. The molecule has 0 aliphatic carbocycles. The van der Waals surface area contributed by atoms with Crippen molar-refractivity contribution >= 4 is 27.5 Å². The maximum absolute atomic E-state index is 11.3. The third kappa shape index (κ3) is 1.30. The van der Waals surface area contributed by atoms with Crippen LogP contribution in [0, 0.1) is 0 Å². The van der Waals surface area contributed by atoms with Gasteiger partial charge in [-0.2, -0.15) is 4.99 Å². The van der Waals surface area contributed by atoms with Crippen molar-refractivity contribution in [3.05, 3.63) is 17.0 Å². The summed E-state index contributed by atoms with van der Waals surface area (Å²) in [6, 6.07) is 1.74. The van der Waals surface area contributed by atoms with E-state index < -0.39 is 16.7 Å². The van der Waals surface area contributed by atoms with E-state index in [2.05, 4.69) is 10.3 Å². The second-order valence-electron chi connectivity index (χ2n) is 2.61. The number of thiophene rings is 1. The first-order valence-corrected chi connectivity index (χ1v) is 4.84. The zero-order chi connectivity index (χ0) is 9.42. The summed E-state index contributed by atoms with van der Waals surface area (Å²) < 4.78 is 11.3. The van der Waals surface area contributed by atoms with E-state index in [9.17, 15) is 9.35 Å². The van der Waals surface area contributed by atoms with Gasteiger partial charge < -0.3 is 15.6 Å². The summed E-state index contributed by atoms with van der Waals surface area (Å²) in [6.07, 6.45) is 0. The maximum atomic E-state index is 11.3. The highest BCUT2D eigenvalue weighted by atomic mass is 32.2. The van der Waals surface area contributed by atoms with Gasteiger partial charge in [0.2, 0.25) is 0 Å². The largest absolute Gasteiger partial charge is 0.589 e. The summed E-state index contributed by atoms with van der Waals surface area (Å²) in [4.78, 5) is 14.6. The molecule has 1 atom stereocenters. The zero-order valence-electron chi connectivity index (χ0n) is 6.61. The number of nitrogens with one attached hydrogen (secondary N) is 1. The van der Waals surface area contributed by atoms with Crippen LogP contribution in [-0.2, 0) is 11.3 Å². The number of amides is 1. The number of hydrogen-bond acceptors (Lipinski definition) is 4. The van der Waals surface area contributed by atoms with E-state index in [4.69, 9.17) is 5.73 Å². The number of hydrogen-bond donors (Lipinski definition) is 2. The van der Waals surface area contributed by atoms with Crippen LogP contribution in [0.1, 0.15) is 5.56 Å². The number of nitrogens with zero attached hydrogens (tertiary/aromatic N) is 1. The molecule has 5 nitrogen and oxygen atoms in total. The van der Waals surface area contributed by atoms with E-state index >= 15 is 0 Å². The monoisotopic (exact) mass is 197 g/mol. The van der Waals surface area contributed by atoms with Crippen molar-refractivity contribution < 1.29 is 9.35 Å². The average Bonchev–Trinajstić information content (AvgIpc) is 2.47. The van der Waals surface area contributed by atoms with E-state index in [1.165, 1.54) is 0 Å². The number of carbonyl (C=O) groups excluding carboxylic acids is 1. The van der Waals surface area contributed by atoms with Gasteiger partial charge in [0.1, 0.15) is 5.38 Å². The molecule has 2 rings (SSSR count). The van der Waals surface area contributed by atoms with Crippen molar-refractivity contribution in [2.75, 3.05) is 0 Å². The van der Waals surface area contributed by atoms with Crippen molar-refractivity contribution in [3.8, 4) is 0 Å². The maximum Gasteiger partial charge on any atom is 0.284 e. The van der Waals surface area contributed by atoms with Crippen LogP contribution in [0.3, 0.4) is 0 Å². The van der Waals surface area contributed by atoms with Gasteiger partial charge in [-0.3, -0.25) is 4.79 Å². The summed E-state index contributed by atoms with van der Waals surface area (Å²) in [7, 11) is -1.21. The molecule has 0 bridgehead atoms. The van der Waals surface area contributed by atoms with Crippen molar-refractivity contribution in [3.63, 3.8) is 0 Å². The normalized spacial score (nSPS) is 15.8. The molecular weight excluding hydrogens is 190 g/mol. The van der Waals surface area contributed by atoms with Crippen molar-refractivity contribution in [1.82, 2.24) is 5.32 Å². The quantitative estimate of drug-likeness (QED) is 0.622. The molecule has 6 heteroatoms. The molecule has 1 aromatic heterocycles. The van der Waals surface area contributed by atoms with Gasteiger partial charge in [-0.15, -0.1) is 0 Å². The molecule has 2 heterocycles. The minimum atomic E-state index is -1.21. The Kier molecular flexibility index (Phi) is 1.78. The SMILES string of the molecule is NC(=O)C1=Nc2c(cc[s+]2[O-])CN1. The second kappa shape index (κ2) is 2.82. The molecule has 1 aromatic rings. The van der Waals surface area contributed by atoms with Crippen LogP contribution < -0.4 is 11.1 Å². The molecule has 0 fully saturated rings. The zero-order valence-corrected chi connectivity index (χ0v) is 7.43. The summed E-state index contributed by atoms with van der Waals surface area (Å²) >= 11 is 0. The molecule has 1 unspecified atom stereocenters. The topological polar surface area (TPSA) is 90.5 Å². The molecule has 1 amide bonds. The second-order valence-corrected chi connectivity index (χ2v) is 3.86. The molecule has 0 saturated carbocycles. The molecule has 3 N–H and O–H groups in total. The van der Waals surface area contributed by atoms with Gasteiger partial charge in [0.15, 0.2) is 5.84 Å². The summed E-state index contributed by atoms with van der Waals surface area (Å²) in [5.74, 6) is -0.550. The number of carbonyl (C=O) groups is 1. The van der Waals surface area contributed by atoms with Crippen LogP contribution in [0.15, 0.2) is 16.4 Å². The Morgan fingerprint density at radius 1 is 1.77 bits per heavy atom. The predicted octanol–water partition coefficient (Wildman–Crippen LogP) is 0.0327. The van der Waals surface area contributed by atoms with Gasteiger partial charge in [0, 0.05) is 12.6 Å². The lowest BCUT2D eigenvalue weighted by molar-refractivity contribution is -0.112. The molecule has 0 aromatic carbocycles. The highest BCUT2D eigenvalue weighted by molar-refractivity contribution is 7.27. The van der Waals surface area contributed by atoms with Gasteiger partial charge >= 0.3 is 0 Å². The Hall–Kier alpha value is -1.40. The first kappa shape index (κ1) is 8.21. The van der Waals surface area contributed by atoms with Gasteiger partial charge in [0.05, 0.1) is 5.56 Å². The predicted molar refractivity (Wildman–Crippen MR) is 48.2 cm³/mol. The van der Waals surface area contributed by atoms with Gasteiger partial charge in [-0.1, -0.05) is 0 Å². The highest BCUT2D eigenvalue weighted by Gasteiger charge is 2.21. The van der Waals surface area contributed by atoms with Crippen molar-refractivity contribution in [2.24, 2.45) is 10.7 Å². The number of primary amides is 1. The fourth-order valence-corrected chi connectivity index (χ4v) is 2.12. The van der Waals surface area contributed by atoms with Gasteiger partial charge in [0.25, 0.3) is 10.9 Å². The molecule has 1 aliphatic heterocycles. The van der Waals surface area contributed by atoms with Gasteiger partial charge in [-0.05, 0) is 10.8 Å². The van der Waals surface area contributed by atoms with Crippen molar-refractivity contribution in [1.29, 1.82) is 0 Å². The van der Waals surface area contributed by atoms with E-state index in [1.807, 2.05) is 0 Å². The molecule has 13 heavy (non-hydrogen) atoms. The van der Waals surface area contributed by atoms with Crippen LogP contribution in [-0.4, -0.2) is 16.3 Å². The molecule has 0 saturated heterocycles. The fraction of sp³-hybridized carbons (Fsp3) is 0.143. The smallest absolute Gasteiger partial charge is 0.284 e. The third-order valence-corrected chi connectivity index (χ3v) is 2.87. The average molecular weight is 197 g/mol. The first-order chi connectivity index (χ1) is 6.18. The highest BCUT2D eigenvalue weighted by Crippen LogP contribution is 2.35. The first-order valence-electron chi connectivity index (χ1n) is 3.63. The summed E-state index contributed by atoms with van der Waals surface area (Å²) in [5.41, 5.74) is 5.87. The lowest BCUT2D eigenvalue weighted by Crippen LogP contribution is -2.37. The van der Waals surface area contributed by atoms with E-state index in [-0.39, 0.29) is 5.84 Å². The number of nitrogens with two attached hydrogens (primary N) is 1. The summed E-state index contributed by atoms with van der Waals surface area (Å²) in [5, 5.41) is 4.72. The fourth-order valence-electron chi connectivity index (χ4n) is 1.12. The number of fused-ring (bicyclic) bond motifs is 1. The molecule has 68 valence electrons. The van der Waals surface area contributed by atoms with Crippen LogP contribution in [0.4, 0.5) is 5.00 Å². The van der Waals surface area contributed by atoms with Crippen molar-refractivity contribution in [2.45, 2.75) is 6.54 Å². The number of amidine groups is 1. The van der Waals surface area contributed by atoms with E-state index in [0.717, 1.165) is 5.56 Å². The lowest BCUT2D eigenvalue weighted by atomic mass is 10.3. The standard InChI is InChI=1S/C7H7N3O2S/c8-5(11)6-9-3-4-1-2-13(12)7(4)10-6/h1-2H,3H2,(H2,8,11)(H,9,10). The third-order valence-electron chi connectivity index (χ3n) is 1.75.